The number of hydrogen-bond acceptors (Lipinski definition) is 1. The van der Waals surface area contributed by atoms with Crippen LogP contribution < -0.4 is 5.32 Å². The highest BCUT2D eigenvalue weighted by Gasteiger charge is 2.23. The van der Waals surface area contributed by atoms with Gasteiger partial charge in [0.15, 0.2) is 0 Å². The lowest BCUT2D eigenvalue weighted by molar-refractivity contribution is 0.262. The van der Waals surface area contributed by atoms with Crippen molar-refractivity contribution in [2.45, 2.75) is 38.6 Å². The molecule has 94 valence electrons. The van der Waals surface area contributed by atoms with Crippen LogP contribution in [0.1, 0.15) is 44.2 Å². The third-order valence-corrected chi connectivity index (χ3v) is 4.23. The highest BCUT2D eigenvalue weighted by atomic mass is 79.9. The van der Waals surface area contributed by atoms with Crippen LogP contribution >= 0.6 is 15.9 Å². The normalized spacial score (nSPS) is 17.8. The molecule has 0 spiro atoms. The molecule has 0 aliphatic heterocycles. The first-order valence-electron chi connectivity index (χ1n) is 6.39. The predicted molar refractivity (Wildman–Crippen MR) is 72.5 cm³/mol. The summed E-state index contributed by atoms with van der Waals surface area (Å²) >= 11 is 3.20. The molecule has 1 aromatic carbocycles. The molecule has 0 bridgehead atoms. The van der Waals surface area contributed by atoms with E-state index in [4.69, 9.17) is 0 Å². The Hall–Kier alpha value is -0.410. The lowest BCUT2D eigenvalue weighted by atomic mass is 9.79. The molecular weight excluding hydrogens is 281 g/mol. The third kappa shape index (κ3) is 3.29. The van der Waals surface area contributed by atoms with Crippen LogP contribution in [0.2, 0.25) is 0 Å². The highest BCUT2D eigenvalue weighted by molar-refractivity contribution is 9.10. The fourth-order valence-electron chi connectivity index (χ4n) is 2.37. The average molecular weight is 300 g/mol. The molecule has 0 aromatic heterocycles. The summed E-state index contributed by atoms with van der Waals surface area (Å²) < 4.78 is 14.1. The summed E-state index contributed by atoms with van der Waals surface area (Å²) in [7, 11) is 0. The molecule has 1 aromatic rings. The van der Waals surface area contributed by atoms with E-state index in [1.54, 1.807) is 12.1 Å². The van der Waals surface area contributed by atoms with Crippen molar-refractivity contribution in [3.8, 4) is 0 Å². The summed E-state index contributed by atoms with van der Waals surface area (Å²) in [5, 5.41) is 3.46. The van der Waals surface area contributed by atoms with Crippen LogP contribution in [0.3, 0.4) is 0 Å². The van der Waals surface area contributed by atoms with Gasteiger partial charge in [0.2, 0.25) is 0 Å². The van der Waals surface area contributed by atoms with Crippen LogP contribution in [0, 0.1) is 11.7 Å². The second-order valence-electron chi connectivity index (χ2n) is 4.82. The Morgan fingerprint density at radius 2 is 2.24 bits per heavy atom. The molecule has 1 fully saturated rings. The van der Waals surface area contributed by atoms with Crippen molar-refractivity contribution in [2.24, 2.45) is 5.92 Å². The molecule has 1 saturated carbocycles. The van der Waals surface area contributed by atoms with E-state index in [0.29, 0.717) is 10.5 Å². The molecule has 1 N–H and O–H groups in total. The van der Waals surface area contributed by atoms with Crippen molar-refractivity contribution in [3.05, 3.63) is 34.1 Å². The Kier molecular flexibility index (Phi) is 4.57. The highest BCUT2D eigenvalue weighted by Crippen LogP contribution is 2.35. The molecule has 0 heterocycles. The van der Waals surface area contributed by atoms with Gasteiger partial charge < -0.3 is 5.32 Å². The zero-order chi connectivity index (χ0) is 12.3. The zero-order valence-corrected chi connectivity index (χ0v) is 11.8. The van der Waals surface area contributed by atoms with Gasteiger partial charge in [-0.05, 0) is 52.5 Å². The average Bonchev–Trinajstić information content (AvgIpc) is 2.25. The molecule has 0 amide bonds. The van der Waals surface area contributed by atoms with Crippen molar-refractivity contribution >= 4 is 15.9 Å². The number of rotatable bonds is 5. The van der Waals surface area contributed by atoms with Gasteiger partial charge in [-0.3, -0.25) is 0 Å². The zero-order valence-electron chi connectivity index (χ0n) is 10.2. The molecule has 3 heteroatoms. The fourth-order valence-corrected chi connectivity index (χ4v) is 2.62. The maximum Gasteiger partial charge on any atom is 0.137 e. The number of benzene rings is 1. The summed E-state index contributed by atoms with van der Waals surface area (Å²) in [4.78, 5) is 0. The van der Waals surface area contributed by atoms with Crippen molar-refractivity contribution in [2.75, 3.05) is 6.54 Å². The van der Waals surface area contributed by atoms with E-state index in [-0.39, 0.29) is 5.82 Å². The van der Waals surface area contributed by atoms with Crippen LogP contribution in [0.15, 0.2) is 22.7 Å². The van der Waals surface area contributed by atoms with E-state index in [1.165, 1.54) is 19.3 Å². The van der Waals surface area contributed by atoms with E-state index in [2.05, 4.69) is 28.2 Å². The van der Waals surface area contributed by atoms with Crippen LogP contribution in [0.5, 0.6) is 0 Å². The standard InChI is InChI=1S/C14H19BrFN/c1-2-17-14(8-10-4-3-5-10)11-6-7-12(15)13(16)9-11/h6-7,9-10,14,17H,2-5,8H2,1H3. The van der Waals surface area contributed by atoms with E-state index < -0.39 is 0 Å². The van der Waals surface area contributed by atoms with Crippen molar-refractivity contribution < 1.29 is 4.39 Å². The molecule has 0 radical (unpaired) electrons. The monoisotopic (exact) mass is 299 g/mol. The van der Waals surface area contributed by atoms with Crippen LogP contribution in [0.25, 0.3) is 0 Å². The molecule has 2 rings (SSSR count). The van der Waals surface area contributed by atoms with Gasteiger partial charge in [-0.1, -0.05) is 32.3 Å². The lowest BCUT2D eigenvalue weighted by Crippen LogP contribution is -2.26. The van der Waals surface area contributed by atoms with Gasteiger partial charge in [0.25, 0.3) is 0 Å². The molecule has 17 heavy (non-hydrogen) atoms. The maximum absolute atomic E-state index is 13.5. The van der Waals surface area contributed by atoms with Gasteiger partial charge in [-0.15, -0.1) is 0 Å². The molecule has 1 aliphatic rings. The fraction of sp³-hybridized carbons (Fsp3) is 0.571. The van der Waals surface area contributed by atoms with Crippen molar-refractivity contribution in [3.63, 3.8) is 0 Å². The second kappa shape index (κ2) is 5.96. The minimum atomic E-state index is -0.168. The predicted octanol–water partition coefficient (Wildman–Crippen LogP) is 4.43. The van der Waals surface area contributed by atoms with Crippen LogP contribution in [0.4, 0.5) is 4.39 Å². The van der Waals surface area contributed by atoms with E-state index in [0.717, 1.165) is 24.4 Å². The van der Waals surface area contributed by atoms with Gasteiger partial charge in [-0.25, -0.2) is 4.39 Å². The largest absolute Gasteiger partial charge is 0.310 e. The Bertz CT molecular complexity index is 376. The van der Waals surface area contributed by atoms with E-state index in [9.17, 15) is 4.39 Å². The van der Waals surface area contributed by atoms with Crippen molar-refractivity contribution in [1.29, 1.82) is 0 Å². The minimum Gasteiger partial charge on any atom is -0.310 e. The molecule has 1 aliphatic carbocycles. The third-order valence-electron chi connectivity index (χ3n) is 3.59. The van der Waals surface area contributed by atoms with Gasteiger partial charge in [0.05, 0.1) is 4.47 Å². The first-order chi connectivity index (χ1) is 8.20. The second-order valence-corrected chi connectivity index (χ2v) is 5.67. The minimum absolute atomic E-state index is 0.168. The molecule has 1 atom stereocenters. The number of nitrogens with one attached hydrogen (secondary N) is 1. The maximum atomic E-state index is 13.5. The van der Waals surface area contributed by atoms with Gasteiger partial charge >= 0.3 is 0 Å². The van der Waals surface area contributed by atoms with E-state index in [1.807, 2.05) is 6.07 Å². The first kappa shape index (κ1) is 13.0. The quantitative estimate of drug-likeness (QED) is 0.848. The Morgan fingerprint density at radius 1 is 1.47 bits per heavy atom. The van der Waals surface area contributed by atoms with Crippen molar-refractivity contribution in [1.82, 2.24) is 5.32 Å². The van der Waals surface area contributed by atoms with Gasteiger partial charge in [0, 0.05) is 6.04 Å². The lowest BCUT2D eigenvalue weighted by Gasteiger charge is -2.30. The SMILES string of the molecule is CCNC(CC1CCC1)c1ccc(Br)c(F)c1. The molecule has 0 saturated heterocycles. The smallest absolute Gasteiger partial charge is 0.137 e. The van der Waals surface area contributed by atoms with E-state index >= 15 is 0 Å². The Labute approximate surface area is 111 Å². The number of hydrogen-bond donors (Lipinski definition) is 1. The summed E-state index contributed by atoms with van der Waals surface area (Å²) in [6, 6.07) is 5.76. The Balaban J connectivity index is 2.09. The van der Waals surface area contributed by atoms with Gasteiger partial charge in [0.1, 0.15) is 5.82 Å². The van der Waals surface area contributed by atoms with Crippen LogP contribution in [-0.2, 0) is 0 Å². The molecule has 1 unspecified atom stereocenters. The van der Waals surface area contributed by atoms with Gasteiger partial charge in [-0.2, -0.15) is 0 Å². The molecular formula is C14H19BrFN. The summed E-state index contributed by atoms with van der Waals surface area (Å²) in [5.41, 5.74) is 1.07. The summed E-state index contributed by atoms with van der Waals surface area (Å²) in [5.74, 6) is 0.657. The topological polar surface area (TPSA) is 12.0 Å². The summed E-state index contributed by atoms with van der Waals surface area (Å²) in [6.45, 7) is 3.03. The molecule has 1 nitrogen and oxygen atoms in total. The first-order valence-corrected chi connectivity index (χ1v) is 7.18. The summed E-state index contributed by atoms with van der Waals surface area (Å²) in [6.07, 6.45) is 5.16. The number of halogens is 2. The van der Waals surface area contributed by atoms with Crippen LogP contribution in [-0.4, -0.2) is 6.54 Å². The Morgan fingerprint density at radius 3 is 2.76 bits per heavy atom.